The molecule has 2 amide bonds. The SMILES string of the molecule is COc1cc(OC(=O)N(CCN(C)C)Cc2ccccc2)ccc1-c1ccc2c(c1COC(=O)c1ccc(C)cc1)N(C)C(=O)C(C)(C)N2. The van der Waals surface area contributed by atoms with Gasteiger partial charge in [-0.1, -0.05) is 54.1 Å². The Bertz CT molecular complexity index is 1820. The number of amides is 2. The summed E-state index contributed by atoms with van der Waals surface area (Å²) in [6.45, 7) is 7.04. The van der Waals surface area contributed by atoms with Gasteiger partial charge < -0.3 is 34.2 Å². The third-order valence-corrected chi connectivity index (χ3v) is 8.50. The number of nitrogens with one attached hydrogen (secondary N) is 1. The molecule has 4 aromatic carbocycles. The van der Waals surface area contributed by atoms with Crippen molar-refractivity contribution in [1.82, 2.24) is 9.80 Å². The fourth-order valence-electron chi connectivity index (χ4n) is 5.82. The van der Waals surface area contributed by atoms with Gasteiger partial charge in [0.2, 0.25) is 0 Å². The zero-order chi connectivity index (χ0) is 35.3. The van der Waals surface area contributed by atoms with Crippen LogP contribution >= 0.6 is 0 Å². The largest absolute Gasteiger partial charge is 0.496 e. The maximum atomic E-state index is 13.5. The summed E-state index contributed by atoms with van der Waals surface area (Å²) in [4.78, 5) is 45.3. The van der Waals surface area contributed by atoms with Gasteiger partial charge in [0.25, 0.3) is 5.91 Å². The van der Waals surface area contributed by atoms with Gasteiger partial charge in [0.15, 0.2) is 0 Å². The van der Waals surface area contributed by atoms with E-state index < -0.39 is 17.6 Å². The van der Waals surface area contributed by atoms with E-state index in [2.05, 4.69) is 5.32 Å². The summed E-state index contributed by atoms with van der Waals surface area (Å²) in [5, 5.41) is 3.34. The number of hydrogen-bond acceptors (Lipinski definition) is 8. The van der Waals surface area contributed by atoms with Gasteiger partial charge >= 0.3 is 12.1 Å². The first-order valence-corrected chi connectivity index (χ1v) is 16.2. The molecule has 1 N–H and O–H groups in total. The number of nitrogens with zero attached hydrogens (tertiary/aromatic N) is 3. The topological polar surface area (TPSA) is 101 Å². The molecule has 0 radical (unpaired) electrons. The van der Waals surface area contributed by atoms with Crippen LogP contribution in [0.3, 0.4) is 0 Å². The van der Waals surface area contributed by atoms with Crippen molar-refractivity contribution in [3.63, 3.8) is 0 Å². The zero-order valence-corrected chi connectivity index (χ0v) is 29.2. The predicted molar refractivity (Wildman–Crippen MR) is 191 cm³/mol. The van der Waals surface area contributed by atoms with Gasteiger partial charge in [-0.05, 0) is 76.3 Å². The van der Waals surface area contributed by atoms with Crippen LogP contribution in [-0.2, 0) is 22.7 Å². The molecule has 1 aliphatic rings. The highest BCUT2D eigenvalue weighted by Crippen LogP contribution is 2.45. The maximum absolute atomic E-state index is 13.5. The van der Waals surface area contributed by atoms with Crippen LogP contribution in [0.15, 0.2) is 84.9 Å². The minimum atomic E-state index is -0.830. The Balaban J connectivity index is 1.48. The molecule has 1 aliphatic heterocycles. The van der Waals surface area contributed by atoms with Crippen molar-refractivity contribution in [3.05, 3.63) is 107 Å². The first-order chi connectivity index (χ1) is 23.4. The quantitative estimate of drug-likeness (QED) is 0.176. The molecule has 0 aliphatic carbocycles. The molecule has 4 aromatic rings. The van der Waals surface area contributed by atoms with E-state index in [0.29, 0.717) is 59.1 Å². The molecular weight excluding hydrogens is 620 g/mol. The van der Waals surface area contributed by atoms with Gasteiger partial charge in [0.05, 0.1) is 24.0 Å². The van der Waals surface area contributed by atoms with Gasteiger partial charge in [-0.2, -0.15) is 0 Å². The molecule has 0 unspecified atom stereocenters. The first kappa shape index (κ1) is 35.0. The van der Waals surface area contributed by atoms with Crippen LogP contribution in [-0.4, -0.2) is 74.7 Å². The lowest BCUT2D eigenvalue weighted by Crippen LogP contribution is -2.52. The number of carbonyl (C=O) groups is 3. The van der Waals surface area contributed by atoms with E-state index in [1.165, 1.54) is 0 Å². The Kier molecular flexibility index (Phi) is 10.6. The number of carbonyl (C=O) groups excluding carboxylic acids is 3. The van der Waals surface area contributed by atoms with E-state index >= 15 is 0 Å². The average Bonchev–Trinajstić information content (AvgIpc) is 3.08. The molecule has 0 bridgehead atoms. The van der Waals surface area contributed by atoms with Crippen LogP contribution in [0, 0.1) is 6.92 Å². The second-order valence-electron chi connectivity index (χ2n) is 13.0. The molecule has 10 heteroatoms. The molecule has 49 heavy (non-hydrogen) atoms. The Hall–Kier alpha value is -5.35. The molecule has 0 saturated carbocycles. The Morgan fingerprint density at radius 2 is 1.59 bits per heavy atom. The molecular formula is C39H44N4O6. The summed E-state index contributed by atoms with van der Waals surface area (Å²) in [6.07, 6.45) is -0.480. The van der Waals surface area contributed by atoms with Gasteiger partial charge in [-0.3, -0.25) is 4.79 Å². The molecule has 10 nitrogen and oxygen atoms in total. The van der Waals surface area contributed by atoms with E-state index in [1.54, 1.807) is 54.3 Å². The highest BCUT2D eigenvalue weighted by Gasteiger charge is 2.39. The lowest BCUT2D eigenvalue weighted by molar-refractivity contribution is -0.121. The number of aryl methyl sites for hydroxylation is 1. The summed E-state index contributed by atoms with van der Waals surface area (Å²) in [7, 11) is 7.17. The number of hydrogen-bond donors (Lipinski definition) is 1. The predicted octanol–water partition coefficient (Wildman–Crippen LogP) is 6.76. The summed E-state index contributed by atoms with van der Waals surface area (Å²) in [6, 6.07) is 25.9. The van der Waals surface area contributed by atoms with Crippen molar-refractivity contribution in [1.29, 1.82) is 0 Å². The van der Waals surface area contributed by atoms with Crippen LogP contribution < -0.4 is 19.7 Å². The van der Waals surface area contributed by atoms with Crippen molar-refractivity contribution in [2.45, 2.75) is 39.5 Å². The third-order valence-electron chi connectivity index (χ3n) is 8.50. The van der Waals surface area contributed by atoms with E-state index in [4.69, 9.17) is 14.2 Å². The second-order valence-corrected chi connectivity index (χ2v) is 13.0. The molecule has 256 valence electrons. The summed E-state index contributed by atoms with van der Waals surface area (Å²) in [5.41, 5.74) is 4.96. The first-order valence-electron chi connectivity index (χ1n) is 16.2. The highest BCUT2D eigenvalue weighted by atomic mass is 16.6. The Labute approximate surface area is 288 Å². The highest BCUT2D eigenvalue weighted by molar-refractivity contribution is 6.09. The molecule has 0 spiro atoms. The number of rotatable bonds is 11. The van der Waals surface area contributed by atoms with Crippen molar-refractivity contribution >= 4 is 29.3 Å². The van der Waals surface area contributed by atoms with Crippen LogP contribution in [0.1, 0.15) is 40.9 Å². The molecule has 0 saturated heterocycles. The van der Waals surface area contributed by atoms with Crippen molar-refractivity contribution < 1.29 is 28.6 Å². The standard InChI is InChI=1S/C39H44N4O6/c1-26-13-15-28(16-14-26)36(44)48-25-32-30(19-20-33-35(32)42(6)37(45)39(2,3)40-33)31-18-17-29(23-34(31)47-7)49-38(46)43(22-21-41(4)5)24-27-11-9-8-10-12-27/h8-20,23,40H,21-22,24-25H2,1-7H3. The molecule has 5 rings (SSSR count). The Morgan fingerprint density at radius 1 is 0.898 bits per heavy atom. The molecule has 1 heterocycles. The van der Waals surface area contributed by atoms with Gasteiger partial charge in [0, 0.05) is 43.9 Å². The number of ether oxygens (including phenoxy) is 3. The number of fused-ring (bicyclic) bond motifs is 1. The lowest BCUT2D eigenvalue weighted by Gasteiger charge is -2.39. The van der Waals surface area contributed by atoms with Crippen LogP contribution in [0.4, 0.5) is 16.2 Å². The lowest BCUT2D eigenvalue weighted by atomic mass is 9.91. The number of esters is 1. The number of benzene rings is 4. The van der Waals surface area contributed by atoms with E-state index in [0.717, 1.165) is 16.8 Å². The van der Waals surface area contributed by atoms with Crippen molar-refractivity contribution in [3.8, 4) is 22.6 Å². The van der Waals surface area contributed by atoms with Gasteiger partial charge in [-0.25, -0.2) is 9.59 Å². The zero-order valence-electron chi connectivity index (χ0n) is 29.2. The summed E-state index contributed by atoms with van der Waals surface area (Å²) >= 11 is 0. The van der Waals surface area contributed by atoms with E-state index in [9.17, 15) is 14.4 Å². The average molecular weight is 665 g/mol. The molecule has 0 fully saturated rings. The summed E-state index contributed by atoms with van der Waals surface area (Å²) < 4.78 is 17.6. The van der Waals surface area contributed by atoms with Gasteiger partial charge in [0.1, 0.15) is 23.6 Å². The minimum Gasteiger partial charge on any atom is -0.496 e. The van der Waals surface area contributed by atoms with Crippen molar-refractivity contribution in [2.24, 2.45) is 0 Å². The maximum Gasteiger partial charge on any atom is 0.415 e. The van der Waals surface area contributed by atoms with Gasteiger partial charge in [-0.15, -0.1) is 0 Å². The van der Waals surface area contributed by atoms with Crippen LogP contribution in [0.5, 0.6) is 11.5 Å². The van der Waals surface area contributed by atoms with Crippen LogP contribution in [0.25, 0.3) is 11.1 Å². The third kappa shape index (κ3) is 8.04. The van der Waals surface area contributed by atoms with Crippen molar-refractivity contribution in [2.75, 3.05) is 51.6 Å². The second kappa shape index (κ2) is 14.8. The number of anilines is 2. The monoisotopic (exact) mass is 664 g/mol. The fraction of sp³-hybridized carbons (Fsp3) is 0.308. The smallest absolute Gasteiger partial charge is 0.415 e. The fourth-order valence-corrected chi connectivity index (χ4v) is 5.82. The molecule has 0 aromatic heterocycles. The minimum absolute atomic E-state index is 0.106. The Morgan fingerprint density at radius 3 is 2.27 bits per heavy atom. The van der Waals surface area contributed by atoms with E-state index in [1.807, 2.05) is 94.4 Å². The normalized spacial score (nSPS) is 13.4. The van der Waals surface area contributed by atoms with Crippen LogP contribution in [0.2, 0.25) is 0 Å². The number of methoxy groups -OCH3 is 1. The molecule has 0 atom stereocenters. The number of likely N-dealkylation sites (N-methyl/N-ethyl adjacent to an activating group) is 2. The summed E-state index contributed by atoms with van der Waals surface area (Å²) in [5.74, 6) is 0.142. The van der Waals surface area contributed by atoms with E-state index in [-0.39, 0.29) is 12.5 Å².